The molecule has 1 aromatic rings. The summed E-state index contributed by atoms with van der Waals surface area (Å²) in [6, 6.07) is 0. The predicted molar refractivity (Wildman–Crippen MR) is 85.7 cm³/mol. The number of aromatic nitrogens is 3. The third-order valence-electron chi connectivity index (χ3n) is 4.10. The first-order valence-corrected chi connectivity index (χ1v) is 15.6. The number of aromatic amines is 1. The Kier molecular flexibility index (Phi) is 8.03. The predicted octanol–water partition coefficient (Wildman–Crippen LogP) is 4.17. The van der Waals surface area contributed by atoms with Gasteiger partial charge in [0.25, 0.3) is 0 Å². The molecule has 110 valence electrons. The van der Waals surface area contributed by atoms with Crippen LogP contribution in [0.3, 0.4) is 0 Å². The second-order valence-corrected chi connectivity index (χ2v) is 18.7. The van der Waals surface area contributed by atoms with Gasteiger partial charge in [0, 0.05) is 0 Å². The summed E-state index contributed by atoms with van der Waals surface area (Å²) >= 11 is -2.33. The zero-order chi connectivity index (χ0) is 14.1. The second kappa shape index (κ2) is 8.98. The first kappa shape index (κ1) is 17.0. The molecule has 1 N–H and O–H groups in total. The van der Waals surface area contributed by atoms with Crippen molar-refractivity contribution >= 4 is 22.2 Å². The van der Waals surface area contributed by atoms with E-state index in [9.17, 15) is 0 Å². The summed E-state index contributed by atoms with van der Waals surface area (Å²) in [5, 5.41) is 7.70. The number of nitrogens with zero attached hydrogens (tertiary/aromatic N) is 2. The van der Waals surface area contributed by atoms with Gasteiger partial charge in [-0.15, -0.1) is 0 Å². The molecule has 0 aliphatic carbocycles. The van der Waals surface area contributed by atoms with Crippen LogP contribution in [0.2, 0.25) is 13.3 Å². The molecule has 19 heavy (non-hydrogen) atoms. The van der Waals surface area contributed by atoms with Gasteiger partial charge in [-0.2, -0.15) is 0 Å². The van der Waals surface area contributed by atoms with Crippen molar-refractivity contribution in [2.75, 3.05) is 0 Å². The Balaban J connectivity index is 2.93. The summed E-state index contributed by atoms with van der Waals surface area (Å²) < 4.78 is 5.62. The zero-order valence-corrected chi connectivity index (χ0v) is 16.1. The minimum atomic E-state index is -2.33. The molecule has 0 aliphatic heterocycles. The third kappa shape index (κ3) is 5.08. The number of hydrogen-bond acceptors (Lipinski definition) is 2. The number of aryl methyl sites for hydroxylation is 1. The van der Waals surface area contributed by atoms with Crippen LogP contribution >= 0.6 is 0 Å². The van der Waals surface area contributed by atoms with E-state index in [1.54, 1.807) is 0 Å². The molecular formula is C15H31N3Sn. The number of unbranched alkanes of at least 4 members (excludes halogenated alkanes) is 3. The fraction of sp³-hybridized carbons (Fsp3) is 0.867. The van der Waals surface area contributed by atoms with Gasteiger partial charge in [0.15, 0.2) is 0 Å². The Bertz CT molecular complexity index is 327. The Hall–Kier alpha value is -0.0613. The van der Waals surface area contributed by atoms with E-state index in [-0.39, 0.29) is 0 Å². The maximum atomic E-state index is 4.77. The molecule has 0 bridgehead atoms. The Morgan fingerprint density at radius 2 is 1.37 bits per heavy atom. The zero-order valence-electron chi connectivity index (χ0n) is 13.3. The Morgan fingerprint density at radius 3 is 1.68 bits per heavy atom. The van der Waals surface area contributed by atoms with Gasteiger partial charge in [-0.1, -0.05) is 0 Å². The molecule has 0 unspecified atom stereocenters. The van der Waals surface area contributed by atoms with Crippen LogP contribution in [-0.2, 0) is 0 Å². The van der Waals surface area contributed by atoms with Gasteiger partial charge in [-0.25, -0.2) is 0 Å². The molecule has 0 saturated carbocycles. The third-order valence-corrected chi connectivity index (χ3v) is 18.7. The summed E-state index contributed by atoms with van der Waals surface area (Å²) in [6.45, 7) is 8.95. The van der Waals surface area contributed by atoms with Crippen LogP contribution in [0.1, 0.15) is 65.1 Å². The van der Waals surface area contributed by atoms with Crippen molar-refractivity contribution in [3.63, 3.8) is 0 Å². The van der Waals surface area contributed by atoms with Crippen molar-refractivity contribution in [1.82, 2.24) is 15.2 Å². The van der Waals surface area contributed by atoms with Gasteiger partial charge in [-0.3, -0.25) is 0 Å². The van der Waals surface area contributed by atoms with Gasteiger partial charge in [-0.05, 0) is 0 Å². The van der Waals surface area contributed by atoms with Crippen LogP contribution < -0.4 is 3.84 Å². The molecule has 3 nitrogen and oxygen atoms in total. The van der Waals surface area contributed by atoms with E-state index >= 15 is 0 Å². The summed E-state index contributed by atoms with van der Waals surface area (Å²) in [5.41, 5.74) is 0. The molecule has 0 atom stereocenters. The van der Waals surface area contributed by atoms with E-state index in [1.165, 1.54) is 55.7 Å². The molecule has 4 heteroatoms. The molecule has 1 heterocycles. The van der Waals surface area contributed by atoms with Crippen LogP contribution in [-0.4, -0.2) is 33.6 Å². The van der Waals surface area contributed by atoms with E-state index in [1.807, 2.05) is 6.92 Å². The van der Waals surface area contributed by atoms with Crippen LogP contribution in [0, 0.1) is 6.92 Å². The summed E-state index contributed by atoms with van der Waals surface area (Å²) in [4.78, 5) is 4.77. The first-order chi connectivity index (χ1) is 9.18. The van der Waals surface area contributed by atoms with E-state index in [2.05, 4.69) is 31.0 Å². The number of nitrogens with one attached hydrogen (secondary N) is 1. The summed E-state index contributed by atoms with van der Waals surface area (Å²) in [7, 11) is 0. The molecule has 1 rings (SSSR count). The van der Waals surface area contributed by atoms with Gasteiger partial charge in [0.2, 0.25) is 0 Å². The van der Waals surface area contributed by atoms with Crippen LogP contribution in [0.15, 0.2) is 0 Å². The number of hydrogen-bond donors (Lipinski definition) is 1. The molecule has 0 radical (unpaired) electrons. The van der Waals surface area contributed by atoms with Crippen molar-refractivity contribution < 1.29 is 0 Å². The molecule has 0 aromatic carbocycles. The normalized spacial score (nSPS) is 12.0. The van der Waals surface area contributed by atoms with E-state index < -0.39 is 18.4 Å². The van der Waals surface area contributed by atoms with Crippen molar-refractivity contribution in [3.05, 3.63) is 5.82 Å². The average molecular weight is 372 g/mol. The summed E-state index contributed by atoms with van der Waals surface area (Å²) in [5.74, 6) is 1.00. The molecule has 1 aromatic heterocycles. The molecule has 0 fully saturated rings. The quantitative estimate of drug-likeness (QED) is 0.627. The maximum absolute atomic E-state index is 4.77. The van der Waals surface area contributed by atoms with Crippen molar-refractivity contribution in [3.8, 4) is 0 Å². The van der Waals surface area contributed by atoms with E-state index in [4.69, 9.17) is 4.98 Å². The van der Waals surface area contributed by atoms with E-state index in [0.29, 0.717) is 0 Å². The van der Waals surface area contributed by atoms with Crippen molar-refractivity contribution in [2.24, 2.45) is 0 Å². The molecule has 0 spiro atoms. The topological polar surface area (TPSA) is 41.6 Å². The molecular weight excluding hydrogens is 341 g/mol. The van der Waals surface area contributed by atoms with Crippen LogP contribution in [0.5, 0.6) is 0 Å². The summed E-state index contributed by atoms with van der Waals surface area (Å²) in [6.07, 6.45) is 8.03. The minimum absolute atomic E-state index is 1.00. The van der Waals surface area contributed by atoms with Crippen molar-refractivity contribution in [2.45, 2.75) is 79.5 Å². The van der Waals surface area contributed by atoms with Crippen LogP contribution in [0.25, 0.3) is 0 Å². The second-order valence-electron chi connectivity index (χ2n) is 5.84. The fourth-order valence-corrected chi connectivity index (χ4v) is 17.7. The number of H-pyrrole nitrogens is 1. The Labute approximate surface area is 122 Å². The standard InChI is InChI=1S/3C4H9.C3H4N3.Sn/c3*1-3-4-2;1-3-4-2-5-6-3;/h3*1,3-4H2,2H3;1H3,(H,4,5,6);. The number of rotatable bonds is 10. The first-order valence-electron chi connectivity index (χ1n) is 8.08. The van der Waals surface area contributed by atoms with E-state index in [0.717, 1.165) is 5.82 Å². The average Bonchev–Trinajstić information content (AvgIpc) is 2.85. The van der Waals surface area contributed by atoms with Gasteiger partial charge in [0.1, 0.15) is 0 Å². The Morgan fingerprint density at radius 1 is 0.895 bits per heavy atom. The van der Waals surface area contributed by atoms with Gasteiger partial charge >= 0.3 is 123 Å². The van der Waals surface area contributed by atoms with Gasteiger partial charge in [0.05, 0.1) is 0 Å². The fourth-order valence-electron chi connectivity index (χ4n) is 2.84. The van der Waals surface area contributed by atoms with Gasteiger partial charge < -0.3 is 0 Å². The van der Waals surface area contributed by atoms with Crippen molar-refractivity contribution in [1.29, 1.82) is 0 Å². The molecule has 0 aliphatic rings. The monoisotopic (exact) mass is 373 g/mol. The molecule has 0 saturated heterocycles. The van der Waals surface area contributed by atoms with Crippen LogP contribution in [0.4, 0.5) is 0 Å². The molecule has 0 amide bonds. The SMILES string of the molecule is CCC[CH2][Sn]([CH2]CCC)([CH2]CCC)[c]1n[nH]c(C)n1.